The zero-order valence-corrected chi connectivity index (χ0v) is 10.4. The van der Waals surface area contributed by atoms with Crippen molar-refractivity contribution >= 4 is 28.8 Å². The van der Waals surface area contributed by atoms with E-state index in [0.717, 1.165) is 15.6 Å². The summed E-state index contributed by atoms with van der Waals surface area (Å²) < 4.78 is 14.1. The lowest BCUT2D eigenvalue weighted by atomic mass is 10.2. The molecule has 0 aliphatic heterocycles. The summed E-state index contributed by atoms with van der Waals surface area (Å²) in [6, 6.07) is 4.61. The van der Waals surface area contributed by atoms with Gasteiger partial charge in [0.15, 0.2) is 0 Å². The predicted molar refractivity (Wildman–Crippen MR) is 67.2 cm³/mol. The van der Waals surface area contributed by atoms with E-state index >= 15 is 0 Å². The number of nitrogen functional groups attached to an aromatic ring is 1. The molecule has 0 aliphatic carbocycles. The molecule has 0 saturated heterocycles. The van der Waals surface area contributed by atoms with Crippen LogP contribution < -0.4 is 5.73 Å². The quantitative estimate of drug-likeness (QED) is 0.673. The first-order chi connectivity index (χ1) is 7.63. The van der Waals surface area contributed by atoms with Crippen LogP contribution >= 0.6 is 23.1 Å². The molecule has 0 radical (unpaired) electrons. The minimum atomic E-state index is -0.286. The van der Waals surface area contributed by atoms with Crippen molar-refractivity contribution in [1.29, 1.82) is 0 Å². The Morgan fingerprint density at radius 3 is 2.88 bits per heavy atom. The van der Waals surface area contributed by atoms with E-state index in [2.05, 4.69) is 4.98 Å². The molecular weight excluding hydrogens is 243 g/mol. The molecule has 1 aromatic heterocycles. The van der Waals surface area contributed by atoms with Gasteiger partial charge in [0.25, 0.3) is 0 Å². The molecule has 0 bridgehead atoms. The number of hydrogen-bond acceptors (Lipinski definition) is 4. The SMILES string of the molecule is Cc1csc(SCc2cc(N)cc(F)c2)n1. The summed E-state index contributed by atoms with van der Waals surface area (Å²) in [4.78, 5) is 4.33. The van der Waals surface area contributed by atoms with Crippen LogP contribution in [0.2, 0.25) is 0 Å². The minimum Gasteiger partial charge on any atom is -0.399 e. The third kappa shape index (κ3) is 2.96. The Morgan fingerprint density at radius 2 is 2.25 bits per heavy atom. The van der Waals surface area contributed by atoms with Gasteiger partial charge in [0, 0.05) is 22.5 Å². The average Bonchev–Trinajstić information content (AvgIpc) is 2.60. The van der Waals surface area contributed by atoms with Crippen LogP contribution in [0.4, 0.5) is 10.1 Å². The minimum absolute atomic E-state index is 0.286. The fraction of sp³-hybridized carbons (Fsp3) is 0.182. The van der Waals surface area contributed by atoms with Crippen molar-refractivity contribution in [2.45, 2.75) is 17.0 Å². The van der Waals surface area contributed by atoms with Gasteiger partial charge in [-0.05, 0) is 30.7 Å². The molecular formula is C11H11FN2S2. The smallest absolute Gasteiger partial charge is 0.150 e. The second-order valence-electron chi connectivity index (χ2n) is 3.44. The van der Waals surface area contributed by atoms with Crippen LogP contribution in [0.15, 0.2) is 27.9 Å². The maximum absolute atomic E-state index is 13.1. The summed E-state index contributed by atoms with van der Waals surface area (Å²) in [5.41, 5.74) is 7.94. The molecule has 0 unspecified atom stereocenters. The van der Waals surface area contributed by atoms with E-state index in [9.17, 15) is 4.39 Å². The monoisotopic (exact) mass is 254 g/mol. The third-order valence-electron chi connectivity index (χ3n) is 1.94. The number of nitrogens with two attached hydrogens (primary N) is 1. The van der Waals surface area contributed by atoms with E-state index in [1.165, 1.54) is 12.1 Å². The summed E-state index contributed by atoms with van der Waals surface area (Å²) in [6.07, 6.45) is 0. The number of nitrogens with zero attached hydrogens (tertiary/aromatic N) is 1. The highest BCUT2D eigenvalue weighted by molar-refractivity contribution is 8.00. The number of thiazole rings is 1. The molecule has 16 heavy (non-hydrogen) atoms. The Morgan fingerprint density at radius 1 is 1.44 bits per heavy atom. The Labute approximate surface area is 102 Å². The van der Waals surface area contributed by atoms with Crippen molar-refractivity contribution in [3.8, 4) is 0 Å². The topological polar surface area (TPSA) is 38.9 Å². The van der Waals surface area contributed by atoms with Gasteiger partial charge in [-0.1, -0.05) is 11.8 Å². The fourth-order valence-corrected chi connectivity index (χ4v) is 3.08. The molecule has 1 aromatic carbocycles. The molecule has 0 fully saturated rings. The van der Waals surface area contributed by atoms with Crippen LogP contribution in [0.3, 0.4) is 0 Å². The molecule has 2 nitrogen and oxygen atoms in total. The lowest BCUT2D eigenvalue weighted by molar-refractivity contribution is 0.627. The second-order valence-corrected chi connectivity index (χ2v) is 5.52. The predicted octanol–water partition coefficient (Wildman–Crippen LogP) is 3.47. The average molecular weight is 254 g/mol. The molecule has 5 heteroatoms. The number of halogens is 1. The van der Waals surface area contributed by atoms with E-state index in [0.29, 0.717) is 11.4 Å². The number of aromatic nitrogens is 1. The lowest BCUT2D eigenvalue weighted by Gasteiger charge is -2.01. The molecule has 1 heterocycles. The number of anilines is 1. The highest BCUT2D eigenvalue weighted by Gasteiger charge is 2.02. The van der Waals surface area contributed by atoms with E-state index in [4.69, 9.17) is 5.73 Å². The highest BCUT2D eigenvalue weighted by Crippen LogP contribution is 2.26. The molecule has 0 aliphatic rings. The van der Waals surface area contributed by atoms with Crippen LogP contribution in [-0.2, 0) is 5.75 Å². The highest BCUT2D eigenvalue weighted by atomic mass is 32.2. The summed E-state index contributed by atoms with van der Waals surface area (Å²) in [5, 5.41) is 2.00. The van der Waals surface area contributed by atoms with Crippen LogP contribution in [-0.4, -0.2) is 4.98 Å². The van der Waals surface area contributed by atoms with Gasteiger partial charge in [-0.2, -0.15) is 0 Å². The zero-order valence-electron chi connectivity index (χ0n) is 8.74. The zero-order chi connectivity index (χ0) is 11.5. The van der Waals surface area contributed by atoms with Crippen molar-refractivity contribution < 1.29 is 4.39 Å². The molecule has 2 aromatic rings. The standard InChI is InChI=1S/C11H11FN2S2/c1-7-5-15-11(14-7)16-6-8-2-9(12)4-10(13)3-8/h2-5H,6,13H2,1H3. The number of thioether (sulfide) groups is 1. The van der Waals surface area contributed by atoms with Gasteiger partial charge >= 0.3 is 0 Å². The third-order valence-corrected chi connectivity index (χ3v) is 4.15. The van der Waals surface area contributed by atoms with E-state index in [1.54, 1.807) is 29.2 Å². The number of benzene rings is 1. The van der Waals surface area contributed by atoms with Gasteiger partial charge in [0.1, 0.15) is 10.2 Å². The largest absolute Gasteiger partial charge is 0.399 e. The van der Waals surface area contributed by atoms with Gasteiger partial charge in [-0.25, -0.2) is 9.37 Å². The van der Waals surface area contributed by atoms with Crippen LogP contribution in [0.25, 0.3) is 0 Å². The molecule has 2 N–H and O–H groups in total. The molecule has 84 valence electrons. The van der Waals surface area contributed by atoms with E-state index in [1.807, 2.05) is 12.3 Å². The first-order valence-corrected chi connectivity index (χ1v) is 6.60. The molecule has 0 saturated carbocycles. The van der Waals surface area contributed by atoms with E-state index < -0.39 is 0 Å². The molecule has 2 rings (SSSR count). The van der Waals surface area contributed by atoms with Crippen LogP contribution in [0.5, 0.6) is 0 Å². The Bertz CT molecular complexity index is 476. The van der Waals surface area contributed by atoms with Gasteiger partial charge in [0.2, 0.25) is 0 Å². The van der Waals surface area contributed by atoms with Crippen molar-refractivity contribution in [3.63, 3.8) is 0 Å². The summed E-state index contributed by atoms with van der Waals surface area (Å²) in [6.45, 7) is 1.96. The maximum Gasteiger partial charge on any atom is 0.150 e. The van der Waals surface area contributed by atoms with Crippen molar-refractivity contribution in [3.05, 3.63) is 40.7 Å². The Hall–Kier alpha value is -1.07. The molecule has 0 atom stereocenters. The Kier molecular flexibility index (Phi) is 3.46. The van der Waals surface area contributed by atoms with Gasteiger partial charge in [0.05, 0.1) is 0 Å². The van der Waals surface area contributed by atoms with E-state index in [-0.39, 0.29) is 5.82 Å². The van der Waals surface area contributed by atoms with Crippen molar-refractivity contribution in [1.82, 2.24) is 4.98 Å². The summed E-state index contributed by atoms with van der Waals surface area (Å²) >= 11 is 3.20. The number of hydrogen-bond donors (Lipinski definition) is 1. The molecule has 0 spiro atoms. The molecule has 0 amide bonds. The number of aryl methyl sites for hydroxylation is 1. The first kappa shape index (κ1) is 11.4. The van der Waals surface area contributed by atoms with Crippen LogP contribution in [0.1, 0.15) is 11.3 Å². The fourth-order valence-electron chi connectivity index (χ4n) is 1.30. The van der Waals surface area contributed by atoms with Gasteiger partial charge in [-0.15, -0.1) is 11.3 Å². The second kappa shape index (κ2) is 4.84. The normalized spacial score (nSPS) is 10.6. The number of rotatable bonds is 3. The lowest BCUT2D eigenvalue weighted by Crippen LogP contribution is -1.90. The van der Waals surface area contributed by atoms with Crippen LogP contribution in [0, 0.1) is 12.7 Å². The summed E-state index contributed by atoms with van der Waals surface area (Å²) in [7, 11) is 0. The van der Waals surface area contributed by atoms with Gasteiger partial charge < -0.3 is 5.73 Å². The van der Waals surface area contributed by atoms with Crippen molar-refractivity contribution in [2.75, 3.05) is 5.73 Å². The maximum atomic E-state index is 13.1. The van der Waals surface area contributed by atoms with Gasteiger partial charge in [-0.3, -0.25) is 0 Å². The Balaban J connectivity index is 2.04. The summed E-state index contributed by atoms with van der Waals surface area (Å²) in [5.74, 6) is 0.403. The first-order valence-electron chi connectivity index (χ1n) is 4.73. The van der Waals surface area contributed by atoms with Crippen molar-refractivity contribution in [2.24, 2.45) is 0 Å².